The minimum absolute atomic E-state index is 0.0122. The zero-order valence-corrected chi connectivity index (χ0v) is 33.0. The maximum Gasteiger partial charge on any atom is 0.0563 e. The third-order valence-corrected chi connectivity index (χ3v) is 13.4. The van der Waals surface area contributed by atoms with Gasteiger partial charge in [-0.15, -0.1) is 0 Å². The molecule has 2 nitrogen and oxygen atoms in total. The first-order valence-corrected chi connectivity index (χ1v) is 20.5. The fraction of sp³-hybridized carbons (Fsp3) is 0.222. The van der Waals surface area contributed by atoms with E-state index in [0.717, 1.165) is 25.7 Å². The smallest absolute Gasteiger partial charge is 0.0563 e. The molecule has 0 saturated carbocycles. The molecule has 2 unspecified atom stereocenters. The highest BCUT2D eigenvalue weighted by atomic mass is 15.2. The van der Waals surface area contributed by atoms with E-state index in [-0.39, 0.29) is 22.9 Å². The molecule has 276 valence electrons. The van der Waals surface area contributed by atoms with E-state index in [9.17, 15) is 0 Å². The van der Waals surface area contributed by atoms with E-state index in [1.165, 1.54) is 67.3 Å². The minimum atomic E-state index is 0.0122. The number of benzene rings is 5. The summed E-state index contributed by atoms with van der Waals surface area (Å²) in [6.45, 7) is 9.65. The number of para-hydroxylation sites is 2. The summed E-state index contributed by atoms with van der Waals surface area (Å²) in [7, 11) is 0. The van der Waals surface area contributed by atoms with Crippen molar-refractivity contribution in [3.8, 4) is 11.1 Å². The van der Waals surface area contributed by atoms with Gasteiger partial charge in [0.05, 0.1) is 12.1 Å². The van der Waals surface area contributed by atoms with E-state index < -0.39 is 0 Å². The molecule has 0 aromatic heterocycles. The van der Waals surface area contributed by atoms with Crippen molar-refractivity contribution in [2.75, 3.05) is 9.80 Å². The summed E-state index contributed by atoms with van der Waals surface area (Å²) in [6, 6.07) is 49.7. The van der Waals surface area contributed by atoms with Gasteiger partial charge in [0.25, 0.3) is 0 Å². The van der Waals surface area contributed by atoms with Crippen molar-refractivity contribution in [3.05, 3.63) is 209 Å². The average molecular weight is 727 g/mol. The van der Waals surface area contributed by atoms with Crippen LogP contribution in [0.1, 0.15) is 64.5 Å². The van der Waals surface area contributed by atoms with Crippen LogP contribution in [0.15, 0.2) is 198 Å². The van der Waals surface area contributed by atoms with E-state index in [0.29, 0.717) is 0 Å². The second-order valence-corrected chi connectivity index (χ2v) is 17.2. The maximum absolute atomic E-state index is 2.54. The molecule has 0 N–H and O–H groups in total. The SMILES string of the molecule is CC1(C)C2=C(CCC=C2)C2=C1CC(N(c1ccccc1)c1ccc(-c3ccc(N(c4ccccc4)C4C=CC5=C(C4)C(C)(C)c4ccccc45)cc3)cc1)C=C2. The zero-order chi connectivity index (χ0) is 38.0. The van der Waals surface area contributed by atoms with Crippen molar-refractivity contribution in [1.82, 2.24) is 0 Å². The Bertz CT molecular complexity index is 2500. The van der Waals surface area contributed by atoms with Gasteiger partial charge in [-0.1, -0.05) is 155 Å². The summed E-state index contributed by atoms with van der Waals surface area (Å²) in [5, 5.41) is 0. The zero-order valence-electron chi connectivity index (χ0n) is 33.0. The first kappa shape index (κ1) is 34.6. The molecule has 0 radical (unpaired) electrons. The van der Waals surface area contributed by atoms with Crippen molar-refractivity contribution >= 4 is 28.3 Å². The summed E-state index contributed by atoms with van der Waals surface area (Å²) in [6.07, 6.45) is 18.8. The van der Waals surface area contributed by atoms with Crippen LogP contribution in [0, 0.1) is 5.41 Å². The highest BCUT2D eigenvalue weighted by Gasteiger charge is 2.42. The number of hydrogen-bond donors (Lipinski definition) is 0. The fourth-order valence-corrected chi connectivity index (χ4v) is 10.5. The lowest BCUT2D eigenvalue weighted by molar-refractivity contribution is 0.519. The summed E-state index contributed by atoms with van der Waals surface area (Å²) < 4.78 is 0. The first-order valence-electron chi connectivity index (χ1n) is 20.5. The molecule has 0 aliphatic heterocycles. The summed E-state index contributed by atoms with van der Waals surface area (Å²) >= 11 is 0. The molecular formula is C54H50N2. The van der Waals surface area contributed by atoms with Gasteiger partial charge in [0.2, 0.25) is 0 Å². The standard InChI is InChI=1S/C54H50N2/c1-53(2)49-21-13-11-19-45(49)47-33-31-43(35-51(47)53)55(39-15-7-5-8-16-39)41-27-23-37(24-28-41)38-25-29-42(30-26-38)56(40-17-9-6-10-18-40)44-32-34-48-46-20-12-14-22-50(46)54(3,4)52(48)36-44/h5-11,13-19,21-34,43-44H,12,20,35-36H2,1-4H3. The lowest BCUT2D eigenvalue weighted by atomic mass is 9.76. The van der Waals surface area contributed by atoms with Gasteiger partial charge < -0.3 is 9.80 Å². The van der Waals surface area contributed by atoms with Gasteiger partial charge in [-0.2, -0.15) is 0 Å². The molecule has 5 aliphatic carbocycles. The average Bonchev–Trinajstić information content (AvgIpc) is 3.61. The largest absolute Gasteiger partial charge is 0.334 e. The van der Waals surface area contributed by atoms with Crippen LogP contribution in [0.25, 0.3) is 16.7 Å². The molecule has 0 saturated heterocycles. The van der Waals surface area contributed by atoms with E-state index in [1.807, 2.05) is 0 Å². The van der Waals surface area contributed by atoms with Crippen LogP contribution in [-0.2, 0) is 5.41 Å². The molecular weight excluding hydrogens is 677 g/mol. The molecule has 5 aromatic carbocycles. The normalized spacial score (nSPS) is 21.1. The van der Waals surface area contributed by atoms with E-state index in [2.05, 4.69) is 207 Å². The summed E-state index contributed by atoms with van der Waals surface area (Å²) in [4.78, 5) is 5.06. The van der Waals surface area contributed by atoms with E-state index in [4.69, 9.17) is 0 Å². The Balaban J connectivity index is 0.928. The maximum atomic E-state index is 2.54. The van der Waals surface area contributed by atoms with Gasteiger partial charge >= 0.3 is 0 Å². The molecule has 0 heterocycles. The van der Waals surface area contributed by atoms with Crippen LogP contribution >= 0.6 is 0 Å². The van der Waals surface area contributed by atoms with Crippen LogP contribution in [0.4, 0.5) is 22.7 Å². The van der Waals surface area contributed by atoms with Crippen LogP contribution in [0.2, 0.25) is 0 Å². The Morgan fingerprint density at radius 2 is 0.964 bits per heavy atom. The number of nitrogens with zero attached hydrogens (tertiary/aromatic N) is 2. The third-order valence-electron chi connectivity index (χ3n) is 13.4. The third kappa shape index (κ3) is 5.61. The molecule has 5 aliphatic rings. The molecule has 56 heavy (non-hydrogen) atoms. The molecule has 0 amide bonds. The van der Waals surface area contributed by atoms with Crippen molar-refractivity contribution in [1.29, 1.82) is 0 Å². The number of hydrogen-bond acceptors (Lipinski definition) is 2. The quantitative estimate of drug-likeness (QED) is 0.165. The van der Waals surface area contributed by atoms with E-state index in [1.54, 1.807) is 11.1 Å². The lowest BCUT2D eigenvalue weighted by Gasteiger charge is -2.37. The lowest BCUT2D eigenvalue weighted by Crippen LogP contribution is -2.33. The van der Waals surface area contributed by atoms with Gasteiger partial charge in [0, 0.05) is 33.6 Å². The number of rotatable bonds is 7. The topological polar surface area (TPSA) is 6.48 Å². The van der Waals surface area contributed by atoms with E-state index >= 15 is 0 Å². The number of anilines is 4. The van der Waals surface area contributed by atoms with Gasteiger partial charge in [0.15, 0.2) is 0 Å². The Morgan fingerprint density at radius 3 is 1.54 bits per heavy atom. The highest BCUT2D eigenvalue weighted by molar-refractivity contribution is 5.87. The fourth-order valence-electron chi connectivity index (χ4n) is 10.5. The van der Waals surface area contributed by atoms with Gasteiger partial charge in [-0.3, -0.25) is 0 Å². The summed E-state index contributed by atoms with van der Waals surface area (Å²) in [5.74, 6) is 0. The molecule has 2 atom stereocenters. The molecule has 0 spiro atoms. The summed E-state index contributed by atoms with van der Waals surface area (Å²) in [5.41, 5.74) is 19.3. The molecule has 5 aromatic rings. The molecule has 0 bridgehead atoms. The number of fused-ring (bicyclic) bond motifs is 3. The Labute approximate surface area is 333 Å². The second kappa shape index (κ2) is 13.4. The van der Waals surface area contributed by atoms with Crippen LogP contribution in [0.5, 0.6) is 0 Å². The second-order valence-electron chi connectivity index (χ2n) is 17.2. The molecule has 0 fully saturated rings. The Morgan fingerprint density at radius 1 is 0.482 bits per heavy atom. The Kier molecular flexibility index (Phi) is 8.29. The van der Waals surface area contributed by atoms with Crippen molar-refractivity contribution in [2.45, 2.75) is 70.9 Å². The van der Waals surface area contributed by atoms with Crippen LogP contribution in [0.3, 0.4) is 0 Å². The van der Waals surface area contributed by atoms with Crippen molar-refractivity contribution in [2.24, 2.45) is 5.41 Å². The minimum Gasteiger partial charge on any atom is -0.334 e. The van der Waals surface area contributed by atoms with Gasteiger partial charge in [0.1, 0.15) is 0 Å². The predicted molar refractivity (Wildman–Crippen MR) is 237 cm³/mol. The number of allylic oxidation sites excluding steroid dienone is 8. The van der Waals surface area contributed by atoms with Crippen LogP contribution < -0.4 is 9.80 Å². The highest BCUT2D eigenvalue weighted by Crippen LogP contribution is 2.55. The van der Waals surface area contributed by atoms with Crippen molar-refractivity contribution in [3.63, 3.8) is 0 Å². The first-order chi connectivity index (χ1) is 27.3. The van der Waals surface area contributed by atoms with Crippen molar-refractivity contribution < 1.29 is 0 Å². The Hall–Kier alpha value is -5.86. The molecule has 10 rings (SSSR count). The predicted octanol–water partition coefficient (Wildman–Crippen LogP) is 14.0. The monoisotopic (exact) mass is 726 g/mol. The molecule has 2 heteroatoms. The van der Waals surface area contributed by atoms with Gasteiger partial charge in [-0.05, 0) is 124 Å². The van der Waals surface area contributed by atoms with Crippen LogP contribution in [-0.4, -0.2) is 12.1 Å². The van der Waals surface area contributed by atoms with Gasteiger partial charge in [-0.25, -0.2) is 0 Å².